The van der Waals surface area contributed by atoms with Crippen molar-refractivity contribution in [1.29, 1.82) is 0 Å². The molecule has 1 atom stereocenters. The highest BCUT2D eigenvalue weighted by atomic mass is 16.5. The van der Waals surface area contributed by atoms with Crippen LogP contribution < -0.4 is 0 Å². The first-order chi connectivity index (χ1) is 6.77. The van der Waals surface area contributed by atoms with Gasteiger partial charge < -0.3 is 4.74 Å². The van der Waals surface area contributed by atoms with Crippen LogP contribution in [0.1, 0.15) is 65.2 Å². The SMILES string of the molecule is CCCCC1(C)CCCCOCCC1. The maximum Gasteiger partial charge on any atom is 0.0466 e. The van der Waals surface area contributed by atoms with E-state index in [2.05, 4.69) is 13.8 Å². The average Bonchev–Trinajstić information content (AvgIpc) is 2.28. The van der Waals surface area contributed by atoms with E-state index in [9.17, 15) is 0 Å². The molecule has 1 heterocycles. The fraction of sp³-hybridized carbons (Fsp3) is 1.00. The van der Waals surface area contributed by atoms with Crippen molar-refractivity contribution in [2.45, 2.75) is 65.2 Å². The van der Waals surface area contributed by atoms with Gasteiger partial charge in [-0.15, -0.1) is 0 Å². The van der Waals surface area contributed by atoms with Crippen LogP contribution in [0.15, 0.2) is 0 Å². The minimum Gasteiger partial charge on any atom is -0.381 e. The molecule has 0 N–H and O–H groups in total. The summed E-state index contributed by atoms with van der Waals surface area (Å²) in [6.07, 6.45) is 10.8. The quantitative estimate of drug-likeness (QED) is 0.661. The zero-order chi connectivity index (χ0) is 10.3. The van der Waals surface area contributed by atoms with E-state index in [4.69, 9.17) is 4.74 Å². The van der Waals surface area contributed by atoms with Gasteiger partial charge in [-0.3, -0.25) is 0 Å². The van der Waals surface area contributed by atoms with Crippen molar-refractivity contribution >= 4 is 0 Å². The summed E-state index contributed by atoms with van der Waals surface area (Å²) in [4.78, 5) is 0. The summed E-state index contributed by atoms with van der Waals surface area (Å²) in [5, 5.41) is 0. The van der Waals surface area contributed by atoms with Crippen molar-refractivity contribution in [3.63, 3.8) is 0 Å². The molecule has 1 aliphatic rings. The van der Waals surface area contributed by atoms with Crippen LogP contribution in [0.4, 0.5) is 0 Å². The molecular formula is C13H26O. The summed E-state index contributed by atoms with van der Waals surface area (Å²) in [5.74, 6) is 0. The van der Waals surface area contributed by atoms with Crippen LogP contribution in [0.3, 0.4) is 0 Å². The Kier molecular flexibility index (Phi) is 5.54. The van der Waals surface area contributed by atoms with E-state index < -0.39 is 0 Å². The van der Waals surface area contributed by atoms with Gasteiger partial charge in [-0.1, -0.05) is 33.1 Å². The molecule has 1 unspecified atom stereocenters. The lowest BCUT2D eigenvalue weighted by molar-refractivity contribution is 0.127. The molecule has 1 nitrogen and oxygen atoms in total. The van der Waals surface area contributed by atoms with Crippen molar-refractivity contribution in [2.75, 3.05) is 13.2 Å². The number of rotatable bonds is 3. The van der Waals surface area contributed by atoms with Crippen LogP contribution >= 0.6 is 0 Å². The van der Waals surface area contributed by atoms with E-state index in [1.165, 1.54) is 51.4 Å². The molecule has 0 spiro atoms. The highest BCUT2D eigenvalue weighted by molar-refractivity contribution is 4.75. The summed E-state index contributed by atoms with van der Waals surface area (Å²) in [7, 11) is 0. The average molecular weight is 198 g/mol. The van der Waals surface area contributed by atoms with Crippen LogP contribution in [0.5, 0.6) is 0 Å². The van der Waals surface area contributed by atoms with Crippen molar-refractivity contribution in [3.05, 3.63) is 0 Å². The summed E-state index contributed by atoms with van der Waals surface area (Å²) >= 11 is 0. The van der Waals surface area contributed by atoms with Crippen LogP contribution in [-0.4, -0.2) is 13.2 Å². The van der Waals surface area contributed by atoms with Crippen LogP contribution in [0.25, 0.3) is 0 Å². The van der Waals surface area contributed by atoms with Gasteiger partial charge in [0.15, 0.2) is 0 Å². The van der Waals surface area contributed by atoms with Crippen molar-refractivity contribution in [1.82, 2.24) is 0 Å². The Bertz CT molecular complexity index is 132. The predicted molar refractivity (Wildman–Crippen MR) is 61.5 cm³/mol. The second-order valence-electron chi connectivity index (χ2n) is 5.09. The second-order valence-corrected chi connectivity index (χ2v) is 5.09. The molecule has 1 heteroatoms. The van der Waals surface area contributed by atoms with Gasteiger partial charge in [-0.2, -0.15) is 0 Å². The molecule has 1 aliphatic heterocycles. The third-order valence-corrected chi connectivity index (χ3v) is 3.52. The summed E-state index contributed by atoms with van der Waals surface area (Å²) in [6, 6.07) is 0. The van der Waals surface area contributed by atoms with Gasteiger partial charge in [0.1, 0.15) is 0 Å². The topological polar surface area (TPSA) is 9.23 Å². The van der Waals surface area contributed by atoms with Crippen molar-refractivity contribution in [3.8, 4) is 0 Å². The molecule has 84 valence electrons. The number of unbranched alkanes of at least 4 members (excludes halogenated alkanes) is 1. The van der Waals surface area contributed by atoms with Crippen LogP contribution in [0.2, 0.25) is 0 Å². The summed E-state index contributed by atoms with van der Waals surface area (Å²) in [5.41, 5.74) is 0.615. The van der Waals surface area contributed by atoms with E-state index in [1.807, 2.05) is 0 Å². The normalized spacial score (nSPS) is 30.4. The zero-order valence-electron chi connectivity index (χ0n) is 9.98. The minimum absolute atomic E-state index is 0.615. The zero-order valence-corrected chi connectivity index (χ0v) is 9.98. The standard InChI is InChI=1S/C13H26O/c1-3-4-8-13(2)9-5-6-11-14-12-7-10-13/h3-12H2,1-2H3. The van der Waals surface area contributed by atoms with E-state index in [-0.39, 0.29) is 0 Å². The highest BCUT2D eigenvalue weighted by Gasteiger charge is 2.23. The molecule has 0 bridgehead atoms. The molecule has 0 aromatic carbocycles. The van der Waals surface area contributed by atoms with Crippen LogP contribution in [-0.2, 0) is 4.74 Å². The maximum atomic E-state index is 5.55. The molecule has 1 fully saturated rings. The molecule has 0 aromatic rings. The van der Waals surface area contributed by atoms with Gasteiger partial charge >= 0.3 is 0 Å². The first-order valence-corrected chi connectivity index (χ1v) is 6.35. The summed E-state index contributed by atoms with van der Waals surface area (Å²) in [6.45, 7) is 6.75. The van der Waals surface area contributed by atoms with E-state index in [1.54, 1.807) is 0 Å². The Hall–Kier alpha value is -0.0400. The first-order valence-electron chi connectivity index (χ1n) is 6.35. The van der Waals surface area contributed by atoms with Gasteiger partial charge in [-0.05, 0) is 37.5 Å². The Morgan fingerprint density at radius 3 is 2.57 bits per heavy atom. The fourth-order valence-electron chi connectivity index (χ4n) is 2.44. The van der Waals surface area contributed by atoms with Crippen LogP contribution in [0, 0.1) is 5.41 Å². The Morgan fingerprint density at radius 1 is 1.07 bits per heavy atom. The lowest BCUT2D eigenvalue weighted by Crippen LogP contribution is -2.16. The third kappa shape index (κ3) is 4.45. The lowest BCUT2D eigenvalue weighted by atomic mass is 9.77. The fourth-order valence-corrected chi connectivity index (χ4v) is 2.44. The number of ether oxygens (including phenoxy) is 1. The molecule has 14 heavy (non-hydrogen) atoms. The van der Waals surface area contributed by atoms with Gasteiger partial charge in [0.2, 0.25) is 0 Å². The molecule has 0 saturated carbocycles. The maximum absolute atomic E-state index is 5.55. The third-order valence-electron chi connectivity index (χ3n) is 3.52. The molecule has 0 aliphatic carbocycles. The van der Waals surface area contributed by atoms with Gasteiger partial charge in [-0.25, -0.2) is 0 Å². The van der Waals surface area contributed by atoms with E-state index in [0.717, 1.165) is 13.2 Å². The molecule has 0 aromatic heterocycles. The molecular weight excluding hydrogens is 172 g/mol. The smallest absolute Gasteiger partial charge is 0.0466 e. The van der Waals surface area contributed by atoms with Crippen molar-refractivity contribution < 1.29 is 4.74 Å². The van der Waals surface area contributed by atoms with Crippen molar-refractivity contribution in [2.24, 2.45) is 5.41 Å². The summed E-state index contributed by atoms with van der Waals surface area (Å²) < 4.78 is 5.55. The monoisotopic (exact) mass is 198 g/mol. The van der Waals surface area contributed by atoms with Gasteiger partial charge in [0, 0.05) is 13.2 Å². The van der Waals surface area contributed by atoms with E-state index in [0.29, 0.717) is 5.41 Å². The van der Waals surface area contributed by atoms with Gasteiger partial charge in [0.05, 0.1) is 0 Å². The predicted octanol–water partition coefficient (Wildman–Crippen LogP) is 4.16. The van der Waals surface area contributed by atoms with E-state index >= 15 is 0 Å². The Morgan fingerprint density at radius 2 is 1.79 bits per heavy atom. The first kappa shape index (κ1) is 12.0. The lowest BCUT2D eigenvalue weighted by Gasteiger charge is -2.29. The Balaban J connectivity index is 2.36. The Labute approximate surface area is 89.2 Å². The second kappa shape index (κ2) is 6.44. The molecule has 1 rings (SSSR count). The highest BCUT2D eigenvalue weighted by Crippen LogP contribution is 2.35. The molecule has 0 amide bonds. The molecule has 1 saturated heterocycles. The number of hydrogen-bond donors (Lipinski definition) is 0. The largest absolute Gasteiger partial charge is 0.381 e. The van der Waals surface area contributed by atoms with Gasteiger partial charge in [0.25, 0.3) is 0 Å². The minimum atomic E-state index is 0.615. The number of hydrogen-bond acceptors (Lipinski definition) is 1. The molecule has 0 radical (unpaired) electrons.